The summed E-state index contributed by atoms with van der Waals surface area (Å²) in [5.41, 5.74) is 3.99. The van der Waals surface area contributed by atoms with Crippen molar-refractivity contribution < 1.29 is 4.74 Å². The Kier molecular flexibility index (Phi) is 5.13. The van der Waals surface area contributed by atoms with E-state index in [0.717, 1.165) is 19.4 Å². The van der Waals surface area contributed by atoms with Crippen LogP contribution in [0.2, 0.25) is 0 Å². The molecule has 0 N–H and O–H groups in total. The van der Waals surface area contributed by atoms with Crippen LogP contribution in [0.25, 0.3) is 0 Å². The van der Waals surface area contributed by atoms with Crippen molar-refractivity contribution in [1.82, 2.24) is 0 Å². The van der Waals surface area contributed by atoms with E-state index >= 15 is 0 Å². The Morgan fingerprint density at radius 1 is 1.27 bits per heavy atom. The van der Waals surface area contributed by atoms with Gasteiger partial charge in [-0.2, -0.15) is 0 Å². The van der Waals surface area contributed by atoms with Crippen molar-refractivity contribution in [3.8, 4) is 0 Å². The number of ether oxygens (including phenoxy) is 1. The van der Waals surface area contributed by atoms with Crippen LogP contribution >= 0.6 is 11.6 Å². The number of hydrogen-bond donors (Lipinski definition) is 0. The summed E-state index contributed by atoms with van der Waals surface area (Å²) >= 11 is 6.21. The predicted octanol–water partition coefficient (Wildman–Crippen LogP) is 3.49. The summed E-state index contributed by atoms with van der Waals surface area (Å²) in [7, 11) is 1.71. The van der Waals surface area contributed by atoms with E-state index < -0.39 is 0 Å². The van der Waals surface area contributed by atoms with Gasteiger partial charge in [0.2, 0.25) is 0 Å². The molecule has 0 aliphatic heterocycles. The maximum Gasteiger partial charge on any atom is 0.0476 e. The van der Waals surface area contributed by atoms with Gasteiger partial charge in [0.15, 0.2) is 0 Å². The minimum Gasteiger partial charge on any atom is -0.385 e. The normalized spacial score (nSPS) is 12.8. The first-order valence-corrected chi connectivity index (χ1v) is 5.76. The Hall–Kier alpha value is -0.530. The molecule has 1 nitrogen and oxygen atoms in total. The lowest BCUT2D eigenvalue weighted by atomic mass is 10.0. The highest BCUT2D eigenvalue weighted by Gasteiger charge is 2.06. The molecule has 0 heterocycles. The number of benzene rings is 1. The first-order chi connectivity index (χ1) is 7.13. The van der Waals surface area contributed by atoms with Crippen LogP contribution in [0.3, 0.4) is 0 Å². The van der Waals surface area contributed by atoms with Crippen LogP contribution in [0.15, 0.2) is 18.2 Å². The highest BCUT2D eigenvalue weighted by atomic mass is 35.5. The number of methoxy groups -OCH3 is 1. The van der Waals surface area contributed by atoms with Gasteiger partial charge in [0.05, 0.1) is 0 Å². The Morgan fingerprint density at radius 2 is 2.00 bits per heavy atom. The number of alkyl halides is 1. The fourth-order valence-corrected chi connectivity index (χ4v) is 1.80. The van der Waals surface area contributed by atoms with Crippen molar-refractivity contribution in [2.24, 2.45) is 0 Å². The molecule has 1 aromatic rings. The van der Waals surface area contributed by atoms with Gasteiger partial charge in [0.25, 0.3) is 0 Å². The molecular weight excluding hydrogens is 208 g/mol. The van der Waals surface area contributed by atoms with E-state index in [2.05, 4.69) is 32.0 Å². The first-order valence-electron chi connectivity index (χ1n) is 5.32. The van der Waals surface area contributed by atoms with Crippen molar-refractivity contribution in [3.05, 3.63) is 34.9 Å². The maximum absolute atomic E-state index is 6.21. The zero-order valence-electron chi connectivity index (χ0n) is 9.72. The van der Waals surface area contributed by atoms with Crippen molar-refractivity contribution in [2.75, 3.05) is 13.7 Å². The van der Waals surface area contributed by atoms with Crippen LogP contribution in [-0.2, 0) is 11.2 Å². The van der Waals surface area contributed by atoms with E-state index in [1.165, 1.54) is 16.7 Å². The predicted molar refractivity (Wildman–Crippen MR) is 65.8 cm³/mol. The minimum atomic E-state index is 0.173. The molecule has 0 saturated carbocycles. The van der Waals surface area contributed by atoms with Crippen LogP contribution in [-0.4, -0.2) is 19.1 Å². The zero-order valence-corrected chi connectivity index (χ0v) is 10.5. The molecule has 0 radical (unpaired) electrons. The van der Waals surface area contributed by atoms with E-state index in [9.17, 15) is 0 Å². The van der Waals surface area contributed by atoms with Crippen molar-refractivity contribution in [1.29, 1.82) is 0 Å². The molecule has 1 aromatic carbocycles. The fourth-order valence-electron chi connectivity index (χ4n) is 1.53. The Bertz CT molecular complexity index is 309. The lowest BCUT2D eigenvalue weighted by Gasteiger charge is -2.10. The summed E-state index contributed by atoms with van der Waals surface area (Å²) in [5, 5.41) is 0.173. The standard InChI is InChI=1S/C13H19ClO/c1-10-4-5-12(8-11(10)2)9-13(14)6-7-15-3/h4-5,8,13H,6-7,9H2,1-3H3. The molecule has 15 heavy (non-hydrogen) atoms. The van der Waals surface area contributed by atoms with Gasteiger partial charge in [-0.3, -0.25) is 0 Å². The van der Waals surface area contributed by atoms with E-state index in [-0.39, 0.29) is 5.38 Å². The van der Waals surface area contributed by atoms with Gasteiger partial charge in [0.1, 0.15) is 0 Å². The summed E-state index contributed by atoms with van der Waals surface area (Å²) in [6.45, 7) is 5.00. The van der Waals surface area contributed by atoms with E-state index in [4.69, 9.17) is 16.3 Å². The summed E-state index contributed by atoms with van der Waals surface area (Å²) in [6, 6.07) is 6.53. The van der Waals surface area contributed by atoms with Gasteiger partial charge in [-0.05, 0) is 43.4 Å². The second-order valence-electron chi connectivity index (χ2n) is 4.00. The summed E-state index contributed by atoms with van der Waals surface area (Å²) in [6.07, 6.45) is 1.83. The average Bonchev–Trinajstić information content (AvgIpc) is 2.20. The smallest absolute Gasteiger partial charge is 0.0476 e. The SMILES string of the molecule is COCCC(Cl)Cc1ccc(C)c(C)c1. The van der Waals surface area contributed by atoms with Crippen molar-refractivity contribution in [3.63, 3.8) is 0 Å². The lowest BCUT2D eigenvalue weighted by molar-refractivity contribution is 0.194. The fraction of sp³-hybridized carbons (Fsp3) is 0.538. The zero-order chi connectivity index (χ0) is 11.3. The van der Waals surface area contributed by atoms with E-state index in [1.54, 1.807) is 7.11 Å². The maximum atomic E-state index is 6.21. The monoisotopic (exact) mass is 226 g/mol. The third-order valence-electron chi connectivity index (χ3n) is 2.66. The van der Waals surface area contributed by atoms with Crippen molar-refractivity contribution in [2.45, 2.75) is 32.1 Å². The summed E-state index contributed by atoms with van der Waals surface area (Å²) in [4.78, 5) is 0. The summed E-state index contributed by atoms with van der Waals surface area (Å²) in [5.74, 6) is 0. The number of aryl methyl sites for hydroxylation is 2. The molecule has 0 saturated heterocycles. The molecule has 0 fully saturated rings. The largest absolute Gasteiger partial charge is 0.385 e. The van der Waals surface area contributed by atoms with E-state index in [0.29, 0.717) is 0 Å². The quantitative estimate of drug-likeness (QED) is 0.699. The molecule has 1 rings (SSSR count). The molecule has 84 valence electrons. The van der Waals surface area contributed by atoms with Crippen LogP contribution in [0.5, 0.6) is 0 Å². The molecule has 2 heteroatoms. The highest BCUT2D eigenvalue weighted by molar-refractivity contribution is 6.20. The molecule has 0 spiro atoms. The molecule has 0 aliphatic carbocycles. The lowest BCUT2D eigenvalue weighted by Crippen LogP contribution is -2.07. The van der Waals surface area contributed by atoms with Gasteiger partial charge in [-0.1, -0.05) is 18.2 Å². The van der Waals surface area contributed by atoms with Crippen LogP contribution in [0.1, 0.15) is 23.1 Å². The minimum absolute atomic E-state index is 0.173. The third kappa shape index (κ3) is 4.23. The second-order valence-corrected chi connectivity index (χ2v) is 4.62. The first kappa shape index (κ1) is 12.5. The number of halogens is 1. The van der Waals surface area contributed by atoms with Gasteiger partial charge < -0.3 is 4.74 Å². The van der Waals surface area contributed by atoms with Gasteiger partial charge in [-0.25, -0.2) is 0 Å². The molecular formula is C13H19ClO. The third-order valence-corrected chi connectivity index (χ3v) is 3.04. The van der Waals surface area contributed by atoms with Gasteiger partial charge in [0, 0.05) is 19.1 Å². The summed E-state index contributed by atoms with van der Waals surface area (Å²) < 4.78 is 5.01. The molecule has 0 amide bonds. The van der Waals surface area contributed by atoms with Crippen LogP contribution in [0, 0.1) is 13.8 Å². The number of hydrogen-bond acceptors (Lipinski definition) is 1. The molecule has 1 atom stereocenters. The molecule has 0 aliphatic rings. The number of rotatable bonds is 5. The second kappa shape index (κ2) is 6.14. The van der Waals surface area contributed by atoms with Gasteiger partial charge >= 0.3 is 0 Å². The molecule has 1 unspecified atom stereocenters. The molecule has 0 aromatic heterocycles. The van der Waals surface area contributed by atoms with Crippen LogP contribution < -0.4 is 0 Å². The average molecular weight is 227 g/mol. The Morgan fingerprint density at radius 3 is 2.60 bits per heavy atom. The molecule has 0 bridgehead atoms. The highest BCUT2D eigenvalue weighted by Crippen LogP contribution is 2.15. The Labute approximate surface area is 97.4 Å². The van der Waals surface area contributed by atoms with Gasteiger partial charge in [-0.15, -0.1) is 11.6 Å². The Balaban J connectivity index is 2.53. The topological polar surface area (TPSA) is 9.23 Å². The van der Waals surface area contributed by atoms with Crippen molar-refractivity contribution >= 4 is 11.6 Å². The van der Waals surface area contributed by atoms with Crippen LogP contribution in [0.4, 0.5) is 0 Å². The van der Waals surface area contributed by atoms with E-state index in [1.807, 2.05) is 0 Å².